The van der Waals surface area contributed by atoms with Crippen LogP contribution in [-0.2, 0) is 79.8 Å². The summed E-state index contributed by atoms with van der Waals surface area (Å²) in [7, 11) is -2.97. The van der Waals surface area contributed by atoms with Crippen LogP contribution in [0, 0.1) is 0 Å². The molecule has 0 aromatic rings. The summed E-state index contributed by atoms with van der Waals surface area (Å²) in [6, 6.07) is -1.28. The van der Waals surface area contributed by atoms with E-state index in [1.165, 1.54) is 127 Å². The fraction of sp³-hybridized carbons (Fsp3) is 0.841. The van der Waals surface area contributed by atoms with E-state index in [0.717, 1.165) is 141 Å². The minimum atomic E-state index is -4.62. The van der Waals surface area contributed by atoms with Gasteiger partial charge in [-0.05, 0) is 57.8 Å². The lowest BCUT2D eigenvalue weighted by molar-refractivity contribution is -0.330. The predicted molar refractivity (Wildman–Crippen MR) is 411 cm³/mol. The van der Waals surface area contributed by atoms with Crippen LogP contribution in [-0.4, -0.2) is 164 Å². The van der Waals surface area contributed by atoms with Crippen molar-refractivity contribution in [1.29, 1.82) is 0 Å². The average molecular weight is 1480 g/mol. The molecule has 2 fully saturated rings. The first-order valence-electron chi connectivity index (χ1n) is 41.3. The topological polar surface area (TPSA) is 230 Å². The molecule has 2 aliphatic heterocycles. The molecule has 2 aliphatic rings. The molecule has 20 nitrogen and oxygen atoms in total. The van der Waals surface area contributed by atoms with Gasteiger partial charge in [0.25, 0.3) is 0 Å². The van der Waals surface area contributed by atoms with Crippen molar-refractivity contribution in [2.75, 3.05) is 73.2 Å². The smallest absolute Gasteiger partial charge is 0.460 e. The first kappa shape index (κ1) is 93.9. The van der Waals surface area contributed by atoms with Crippen LogP contribution in [0.3, 0.4) is 0 Å². The van der Waals surface area contributed by atoms with Gasteiger partial charge in [-0.15, -0.1) is 13.2 Å². The minimum Gasteiger partial charge on any atom is -0.460 e. The predicted octanol–water partition coefficient (Wildman–Crippen LogP) is 19.9. The molecule has 2 heterocycles. The summed E-state index contributed by atoms with van der Waals surface area (Å²) in [6.07, 6.45) is 41.2. The van der Waals surface area contributed by atoms with Crippen LogP contribution in [0.2, 0.25) is 0 Å². The second-order valence-corrected chi connectivity index (χ2v) is 29.4. The van der Waals surface area contributed by atoms with Crippen molar-refractivity contribution < 1.29 is 91.1 Å². The molecule has 1 amide bonds. The third kappa shape index (κ3) is 47.9. The van der Waals surface area contributed by atoms with Crippen LogP contribution in [0.5, 0.6) is 0 Å². The summed E-state index contributed by atoms with van der Waals surface area (Å²) < 4.78 is 111. The van der Waals surface area contributed by atoms with Gasteiger partial charge in [-0.2, -0.15) is 0 Å². The number of carbonyl (C=O) groups is 3. The molecule has 0 radical (unpaired) electrons. The average Bonchev–Trinajstić information content (AvgIpc) is 0.776. The maximum atomic E-state index is 14.9. The maximum Gasteiger partial charge on any atom is 0.508 e. The van der Waals surface area contributed by atoms with Gasteiger partial charge in [-0.1, -0.05) is 289 Å². The molecule has 0 bridgehead atoms. The lowest BCUT2D eigenvalue weighted by atomic mass is 9.95. The molecular formula is C82H148NO19P. The Morgan fingerprint density at radius 3 is 1.50 bits per heavy atom. The molecule has 0 spiro atoms. The van der Waals surface area contributed by atoms with Crippen molar-refractivity contribution in [3.63, 3.8) is 0 Å². The number of rotatable bonds is 73. The number of hydrogen-bond acceptors (Lipinski definition) is 19. The molecule has 21 heteroatoms. The van der Waals surface area contributed by atoms with Gasteiger partial charge in [0, 0.05) is 33.3 Å². The first-order valence-corrected chi connectivity index (χ1v) is 42.2. The van der Waals surface area contributed by atoms with Crippen molar-refractivity contribution in [3.05, 3.63) is 62.8 Å². The Hall–Kier alpha value is -3.34. The fourth-order valence-corrected chi connectivity index (χ4v) is 14.1. The molecule has 2 rings (SSSR count). The molecule has 0 aliphatic carbocycles. The number of nitrogens with one attached hydrogen (secondary N) is 1. The van der Waals surface area contributed by atoms with Gasteiger partial charge >= 0.3 is 19.9 Å². The molecule has 2 saturated heterocycles. The van der Waals surface area contributed by atoms with Gasteiger partial charge in [0.1, 0.15) is 75.2 Å². The quantitative estimate of drug-likeness (QED) is 0.0249. The van der Waals surface area contributed by atoms with Crippen molar-refractivity contribution in [2.24, 2.45) is 0 Å². The summed E-state index contributed by atoms with van der Waals surface area (Å²) in [5.74, 6) is -1.08. The zero-order valence-electron chi connectivity index (χ0n) is 66.2. The summed E-state index contributed by atoms with van der Waals surface area (Å²) in [4.78, 5) is 41.1. The number of phosphoric ester groups is 1. The molecule has 103 heavy (non-hydrogen) atoms. The van der Waals surface area contributed by atoms with Gasteiger partial charge in [0.15, 0.2) is 12.6 Å². The molecule has 0 aromatic heterocycles. The van der Waals surface area contributed by atoms with Crippen molar-refractivity contribution in [2.45, 2.75) is 371 Å². The van der Waals surface area contributed by atoms with Gasteiger partial charge in [0.2, 0.25) is 5.91 Å². The zero-order chi connectivity index (χ0) is 75.8. The Kier molecular flexibility index (Phi) is 60.9. The summed E-state index contributed by atoms with van der Waals surface area (Å²) in [6.45, 7) is 20.4. The van der Waals surface area contributed by atoms with Gasteiger partial charge < -0.3 is 62.5 Å². The minimum absolute atomic E-state index is 0.0289. The van der Waals surface area contributed by atoms with E-state index < -0.39 is 108 Å². The number of methoxy groups -OCH3 is 1. The summed E-state index contributed by atoms with van der Waals surface area (Å²) in [5, 5.41) is 15.9. The van der Waals surface area contributed by atoms with E-state index in [1.54, 1.807) is 7.11 Å². The Morgan fingerprint density at radius 2 is 0.961 bits per heavy atom. The first-order chi connectivity index (χ1) is 50.8. The number of amides is 1. The van der Waals surface area contributed by atoms with E-state index >= 15 is 0 Å². The van der Waals surface area contributed by atoms with Crippen molar-refractivity contribution >= 4 is 25.9 Å². The number of esters is 1. The molecule has 0 saturated carbocycles. The van der Waals surface area contributed by atoms with Crippen molar-refractivity contribution in [1.82, 2.24) is 5.32 Å². The lowest BCUT2D eigenvalue weighted by Crippen LogP contribution is -2.67. The third-order valence-electron chi connectivity index (χ3n) is 18.7. The van der Waals surface area contributed by atoms with E-state index in [4.69, 9.17) is 65.7 Å². The Balaban J connectivity index is 2.74. The number of aliphatic hydroxyl groups excluding tert-OH is 1. The van der Waals surface area contributed by atoms with Gasteiger partial charge in [-0.25, -0.2) is 14.2 Å². The highest BCUT2D eigenvalue weighted by atomic mass is 31.2. The van der Waals surface area contributed by atoms with Crippen molar-refractivity contribution in [3.8, 4) is 0 Å². The number of allylic oxidation sites excluding steroid dienone is 2. The van der Waals surface area contributed by atoms with E-state index in [0.29, 0.717) is 25.7 Å². The molecule has 12 atom stereocenters. The monoisotopic (exact) mass is 1480 g/mol. The van der Waals surface area contributed by atoms with E-state index in [-0.39, 0.29) is 58.1 Å². The second-order valence-electron chi connectivity index (χ2n) is 27.8. The van der Waals surface area contributed by atoms with Crippen LogP contribution < -0.4 is 5.32 Å². The van der Waals surface area contributed by atoms with Crippen LogP contribution in [0.15, 0.2) is 62.8 Å². The van der Waals surface area contributed by atoms with Crippen LogP contribution in [0.1, 0.15) is 305 Å². The van der Waals surface area contributed by atoms with E-state index in [1.807, 2.05) is 0 Å². The largest absolute Gasteiger partial charge is 0.508 e. The number of phosphoric acid groups is 1. The SMILES string of the molecule is [2H]C(CCCCCCCCCCCCC)O[C@H]1C(OCC(=O)OCC=C)O[C@H](CO[C@@H]2O[C@H](COC(=O)OCC=C)[C@@H](OP(=O)(OCC=C)OCC=C)[C@H](OCC[C@@H](CCCCCCC)OC)[C@H]2NC(=O)CCCCCCCCC/C=C\CCCCCC)[C@@H](O)[C@@H]1OCCCCCCCCCCCC. The zero-order valence-corrected chi connectivity index (χ0v) is 66.1. The standard InChI is InChI=1S/C82H148NO19P/c1-10-18-22-26-29-32-35-37-38-39-40-42-45-49-53-57-72(84)83-74-77(93-65-58-69(89-9)56-52-48-25-21-13-4)76(102-103(88,98-61-16-7)99-62-17-8)71(67-97-82(87)94-60-15-6)101-80(74)95-66-70-75(86)78(91-63-54-50-46-43-34-31-28-24-20-12-3)79(81(100-70)96-68-73(85)90-59-14-5)92-64-55-51-47-44-41-36-33-30-27-23-19-11-2/h14-17,32,35,69-71,74-81,86H,5-8,10-13,18-31,33-34,36-68H2,1-4,9H3,(H,83,84)/b35-32-/t69-,70-,71-,74-,75-,76-,77-,78+,79-,80-,81?/m1/s1/i64D/t64?,69-,70-,71-,74-,75-,76-,77-,78+,79-,80-,81?. The highest BCUT2D eigenvalue weighted by Gasteiger charge is 2.54. The number of aliphatic hydroxyl groups is 1. The number of ether oxygens (including phenoxy) is 11. The fourth-order valence-electron chi connectivity index (χ4n) is 12.7. The molecular weight excluding hydrogens is 1330 g/mol. The highest BCUT2D eigenvalue weighted by molar-refractivity contribution is 7.48. The Labute approximate surface area is 626 Å². The summed E-state index contributed by atoms with van der Waals surface area (Å²) in [5.41, 5.74) is 0. The van der Waals surface area contributed by atoms with E-state index in [2.05, 4.69) is 71.5 Å². The number of carbonyl (C=O) groups excluding carboxylic acids is 3. The Morgan fingerprint density at radius 1 is 0.485 bits per heavy atom. The van der Waals surface area contributed by atoms with E-state index in [9.17, 15) is 25.4 Å². The molecule has 2 N–H and O–H groups in total. The number of unbranched alkanes of at least 4 members (excludes halogenated alkanes) is 34. The van der Waals surface area contributed by atoms with Gasteiger partial charge in [0.05, 0.1) is 27.3 Å². The lowest BCUT2D eigenvalue weighted by Gasteiger charge is -2.47. The molecule has 0 aromatic carbocycles. The normalized spacial score (nSPS) is 21.4. The van der Waals surface area contributed by atoms with Crippen LogP contribution >= 0.6 is 7.82 Å². The van der Waals surface area contributed by atoms with Gasteiger partial charge in [-0.3, -0.25) is 18.4 Å². The summed E-state index contributed by atoms with van der Waals surface area (Å²) >= 11 is 0. The molecule has 600 valence electrons. The Bertz CT molecular complexity index is 2180. The molecule has 2 unspecified atom stereocenters. The second kappa shape index (κ2) is 66.8. The number of hydrogen-bond donors (Lipinski definition) is 2. The van der Waals surface area contributed by atoms with Crippen LogP contribution in [0.4, 0.5) is 4.79 Å². The van der Waals surface area contributed by atoms with Crippen LogP contribution in [0.25, 0.3) is 0 Å². The maximum absolute atomic E-state index is 14.9. The highest BCUT2D eigenvalue weighted by Crippen LogP contribution is 2.53. The third-order valence-corrected chi connectivity index (χ3v) is 20.2.